The van der Waals surface area contributed by atoms with Gasteiger partial charge in [-0.3, -0.25) is 4.79 Å². The highest BCUT2D eigenvalue weighted by atomic mass is 32.1. The van der Waals surface area contributed by atoms with Crippen LogP contribution in [0.5, 0.6) is 0 Å². The summed E-state index contributed by atoms with van der Waals surface area (Å²) >= 11 is 4.82. The quantitative estimate of drug-likeness (QED) is 0.702. The molecule has 0 spiro atoms. The number of hydrogen-bond acceptors (Lipinski definition) is 2. The van der Waals surface area contributed by atoms with Crippen molar-refractivity contribution in [3.05, 3.63) is 0 Å². The maximum Gasteiger partial charge on any atom is 0.222 e. The number of rotatable bonds is 5. The van der Waals surface area contributed by atoms with Crippen LogP contribution < -0.4 is 5.73 Å². The van der Waals surface area contributed by atoms with Crippen molar-refractivity contribution in [1.29, 1.82) is 0 Å². The second-order valence-corrected chi connectivity index (χ2v) is 4.70. The van der Waals surface area contributed by atoms with Crippen molar-refractivity contribution in [1.82, 2.24) is 4.90 Å². The largest absolute Gasteiger partial charge is 0.393 e. The van der Waals surface area contributed by atoms with Crippen LogP contribution in [0.15, 0.2) is 0 Å². The Morgan fingerprint density at radius 2 is 2.21 bits per heavy atom. The summed E-state index contributed by atoms with van der Waals surface area (Å²) in [4.78, 5) is 13.9. The van der Waals surface area contributed by atoms with E-state index in [-0.39, 0.29) is 11.9 Å². The van der Waals surface area contributed by atoms with Gasteiger partial charge in [-0.25, -0.2) is 0 Å². The number of amides is 1. The summed E-state index contributed by atoms with van der Waals surface area (Å²) in [5.41, 5.74) is 5.44. The highest BCUT2D eigenvalue weighted by Crippen LogP contribution is 2.32. The monoisotopic (exact) mass is 214 g/mol. The third-order valence-corrected chi connectivity index (χ3v) is 2.88. The maximum absolute atomic E-state index is 11.7. The predicted octanol–water partition coefficient (Wildman–Crippen LogP) is 1.31. The van der Waals surface area contributed by atoms with Crippen molar-refractivity contribution in [2.45, 2.75) is 38.6 Å². The summed E-state index contributed by atoms with van der Waals surface area (Å²) in [6.07, 6.45) is 3.73. The fraction of sp³-hybridized carbons (Fsp3) is 0.800. The fourth-order valence-electron chi connectivity index (χ4n) is 1.39. The molecular weight excluding hydrogens is 196 g/mol. The lowest BCUT2D eigenvalue weighted by molar-refractivity contribution is -0.131. The lowest BCUT2D eigenvalue weighted by atomic mass is 10.2. The SMILES string of the molecule is CC(CC(N)=S)N(C)C(=O)CC1CC1. The molecular formula is C10H18N2OS. The first-order chi connectivity index (χ1) is 6.50. The van der Waals surface area contributed by atoms with Crippen LogP contribution in [0, 0.1) is 5.92 Å². The van der Waals surface area contributed by atoms with Crippen LogP contribution in [0.4, 0.5) is 0 Å². The number of carbonyl (C=O) groups is 1. The molecule has 0 bridgehead atoms. The molecule has 0 saturated heterocycles. The third kappa shape index (κ3) is 3.62. The van der Waals surface area contributed by atoms with Crippen LogP contribution in [0.1, 0.15) is 32.6 Å². The summed E-state index contributed by atoms with van der Waals surface area (Å²) in [5, 5.41) is 0. The molecule has 0 radical (unpaired) electrons. The van der Waals surface area contributed by atoms with E-state index in [1.54, 1.807) is 4.90 Å². The van der Waals surface area contributed by atoms with Gasteiger partial charge in [0.2, 0.25) is 5.91 Å². The molecule has 1 aliphatic carbocycles. The Kier molecular flexibility index (Phi) is 3.86. The Labute approximate surface area is 90.6 Å². The van der Waals surface area contributed by atoms with Gasteiger partial charge in [-0.1, -0.05) is 12.2 Å². The molecule has 14 heavy (non-hydrogen) atoms. The molecule has 2 N–H and O–H groups in total. The number of nitrogens with two attached hydrogens (primary N) is 1. The molecule has 1 amide bonds. The van der Waals surface area contributed by atoms with E-state index >= 15 is 0 Å². The number of carbonyl (C=O) groups excluding carboxylic acids is 1. The first-order valence-electron chi connectivity index (χ1n) is 5.04. The zero-order valence-electron chi connectivity index (χ0n) is 8.82. The van der Waals surface area contributed by atoms with Gasteiger partial charge in [0.1, 0.15) is 0 Å². The average molecular weight is 214 g/mol. The minimum absolute atomic E-state index is 0.124. The van der Waals surface area contributed by atoms with Crippen LogP contribution in [0.25, 0.3) is 0 Å². The molecule has 4 heteroatoms. The molecule has 1 rings (SSSR count). The molecule has 0 aliphatic heterocycles. The normalized spacial score (nSPS) is 17.6. The van der Waals surface area contributed by atoms with Gasteiger partial charge in [-0.2, -0.15) is 0 Å². The maximum atomic E-state index is 11.7. The molecule has 0 aromatic heterocycles. The van der Waals surface area contributed by atoms with Gasteiger partial charge in [0.25, 0.3) is 0 Å². The molecule has 1 aliphatic rings. The van der Waals surface area contributed by atoms with Gasteiger partial charge in [-0.15, -0.1) is 0 Å². The van der Waals surface area contributed by atoms with Crippen LogP contribution >= 0.6 is 12.2 Å². The van der Waals surface area contributed by atoms with Gasteiger partial charge in [0.05, 0.1) is 4.99 Å². The molecule has 1 saturated carbocycles. The smallest absolute Gasteiger partial charge is 0.222 e. The van der Waals surface area contributed by atoms with Crippen LogP contribution in [0.2, 0.25) is 0 Å². The Balaban J connectivity index is 2.33. The molecule has 1 fully saturated rings. The zero-order valence-corrected chi connectivity index (χ0v) is 9.64. The van der Waals surface area contributed by atoms with Gasteiger partial charge in [0.15, 0.2) is 0 Å². The first-order valence-corrected chi connectivity index (χ1v) is 5.45. The third-order valence-electron chi connectivity index (χ3n) is 2.71. The molecule has 1 atom stereocenters. The number of nitrogens with zero attached hydrogens (tertiary/aromatic N) is 1. The molecule has 0 aromatic rings. The highest BCUT2D eigenvalue weighted by molar-refractivity contribution is 7.80. The second-order valence-electron chi connectivity index (χ2n) is 4.17. The van der Waals surface area contributed by atoms with Crippen molar-refractivity contribution in [2.75, 3.05) is 7.05 Å². The van der Waals surface area contributed by atoms with E-state index in [0.717, 1.165) is 0 Å². The summed E-state index contributed by atoms with van der Waals surface area (Å²) in [6, 6.07) is 0.124. The van der Waals surface area contributed by atoms with E-state index in [4.69, 9.17) is 18.0 Å². The Bertz CT molecular complexity index is 238. The van der Waals surface area contributed by atoms with E-state index in [2.05, 4.69) is 0 Å². The van der Waals surface area contributed by atoms with Gasteiger partial charge in [0, 0.05) is 25.9 Å². The Morgan fingerprint density at radius 3 is 2.64 bits per heavy atom. The van der Waals surface area contributed by atoms with Crippen LogP contribution in [-0.4, -0.2) is 28.9 Å². The lowest BCUT2D eigenvalue weighted by Crippen LogP contribution is -2.37. The summed E-state index contributed by atoms with van der Waals surface area (Å²) < 4.78 is 0. The van der Waals surface area contributed by atoms with E-state index in [0.29, 0.717) is 23.7 Å². The Hall–Kier alpha value is -0.640. The molecule has 1 unspecified atom stereocenters. The summed E-state index contributed by atoms with van der Waals surface area (Å²) in [6.45, 7) is 1.98. The molecule has 0 aromatic carbocycles. The molecule has 3 nitrogen and oxygen atoms in total. The van der Waals surface area contributed by atoms with Gasteiger partial charge in [-0.05, 0) is 25.7 Å². The number of hydrogen-bond donors (Lipinski definition) is 1. The standard InChI is InChI=1S/C10H18N2OS/c1-7(5-9(11)14)12(2)10(13)6-8-3-4-8/h7-8H,3-6H2,1-2H3,(H2,11,14). The zero-order chi connectivity index (χ0) is 10.7. The summed E-state index contributed by atoms with van der Waals surface area (Å²) in [5.74, 6) is 0.859. The average Bonchev–Trinajstić information content (AvgIpc) is 2.85. The van der Waals surface area contributed by atoms with Crippen LogP contribution in [-0.2, 0) is 4.79 Å². The Morgan fingerprint density at radius 1 is 1.64 bits per heavy atom. The van der Waals surface area contributed by atoms with Crippen molar-refractivity contribution < 1.29 is 4.79 Å². The van der Waals surface area contributed by atoms with E-state index in [1.807, 2.05) is 14.0 Å². The second kappa shape index (κ2) is 4.73. The van der Waals surface area contributed by atoms with Gasteiger partial charge >= 0.3 is 0 Å². The van der Waals surface area contributed by atoms with Gasteiger partial charge < -0.3 is 10.6 Å². The molecule has 0 heterocycles. The van der Waals surface area contributed by atoms with E-state index < -0.39 is 0 Å². The lowest BCUT2D eigenvalue weighted by Gasteiger charge is -2.24. The van der Waals surface area contributed by atoms with Crippen molar-refractivity contribution in [3.63, 3.8) is 0 Å². The first kappa shape index (κ1) is 11.4. The minimum atomic E-state index is 0.124. The summed E-state index contributed by atoms with van der Waals surface area (Å²) in [7, 11) is 1.83. The van der Waals surface area contributed by atoms with Crippen molar-refractivity contribution in [3.8, 4) is 0 Å². The fourth-order valence-corrected chi connectivity index (χ4v) is 1.63. The highest BCUT2D eigenvalue weighted by Gasteiger charge is 2.27. The molecule has 80 valence electrons. The van der Waals surface area contributed by atoms with E-state index in [9.17, 15) is 4.79 Å². The number of thiocarbonyl (C=S) groups is 1. The minimum Gasteiger partial charge on any atom is -0.393 e. The topological polar surface area (TPSA) is 46.3 Å². The van der Waals surface area contributed by atoms with E-state index in [1.165, 1.54) is 12.8 Å². The van der Waals surface area contributed by atoms with Crippen molar-refractivity contribution in [2.24, 2.45) is 11.7 Å². The van der Waals surface area contributed by atoms with Crippen LogP contribution in [0.3, 0.4) is 0 Å². The predicted molar refractivity (Wildman–Crippen MR) is 61.0 cm³/mol. The van der Waals surface area contributed by atoms with Crippen molar-refractivity contribution >= 4 is 23.1 Å².